The zero-order chi connectivity index (χ0) is 36.4. The van der Waals surface area contributed by atoms with Crippen LogP contribution in [0.3, 0.4) is 0 Å². The number of primary amides is 1. The van der Waals surface area contributed by atoms with Gasteiger partial charge in [-0.25, -0.2) is 4.57 Å². The highest BCUT2D eigenvalue weighted by Crippen LogP contribution is 2.37. The summed E-state index contributed by atoms with van der Waals surface area (Å²) in [6.07, 6.45) is 2.74. The smallest absolute Gasteiger partial charge is 0.404 e. The van der Waals surface area contributed by atoms with Gasteiger partial charge in [0.25, 0.3) is 0 Å². The number of carbonyl (C=O) groups is 5. The number of hydrogen-bond acceptors (Lipinski definition) is 8. The van der Waals surface area contributed by atoms with Crippen LogP contribution < -0.4 is 31.5 Å². The van der Waals surface area contributed by atoms with Crippen LogP contribution in [0.15, 0.2) is 54.6 Å². The van der Waals surface area contributed by atoms with E-state index in [9.17, 15) is 28.5 Å². The Labute approximate surface area is 289 Å². The lowest BCUT2D eigenvalue weighted by molar-refractivity contribution is -0.131. The number of phosphoric acid groups is 1. The quantitative estimate of drug-likeness (QED) is 0.120. The fourth-order valence-corrected chi connectivity index (χ4v) is 6.72. The van der Waals surface area contributed by atoms with E-state index in [-0.39, 0.29) is 43.4 Å². The summed E-state index contributed by atoms with van der Waals surface area (Å²) in [5, 5.41) is 20.2. The molecule has 0 aliphatic carbocycles. The number of benzene rings is 2. The van der Waals surface area contributed by atoms with Crippen LogP contribution in [-0.4, -0.2) is 80.3 Å². The fourth-order valence-electron chi connectivity index (χ4n) is 6.32. The van der Waals surface area contributed by atoms with E-state index in [2.05, 4.69) is 25.8 Å². The third-order valence-corrected chi connectivity index (χ3v) is 9.11. The van der Waals surface area contributed by atoms with Crippen LogP contribution in [0.4, 0.5) is 0 Å². The first-order valence-electron chi connectivity index (χ1n) is 16.4. The molecule has 0 bridgehead atoms. The first-order chi connectivity index (χ1) is 23.7. The second-order valence-corrected chi connectivity index (χ2v) is 13.6. The molecule has 2 fully saturated rings. The Hall–Kier alpha value is -4.79. The Morgan fingerprint density at radius 2 is 1.64 bits per heavy atom. The van der Waals surface area contributed by atoms with Crippen molar-refractivity contribution in [2.24, 2.45) is 5.73 Å². The summed E-state index contributed by atoms with van der Waals surface area (Å²) in [6.45, 7) is 1.49. The van der Waals surface area contributed by atoms with Crippen LogP contribution in [0.2, 0.25) is 0 Å². The number of nitrogens with zero attached hydrogens (tertiary/aromatic N) is 1. The second kappa shape index (κ2) is 17.2. The van der Waals surface area contributed by atoms with E-state index in [0.717, 1.165) is 5.56 Å². The molecule has 16 nitrogen and oxygen atoms in total. The number of amidine groups is 1. The molecule has 5 amide bonds. The predicted octanol–water partition coefficient (Wildman–Crippen LogP) is 0.751. The molecule has 2 aliphatic heterocycles. The van der Waals surface area contributed by atoms with Crippen molar-refractivity contribution >= 4 is 43.2 Å². The minimum absolute atomic E-state index is 0.00205. The molecule has 0 radical (unpaired) electrons. The van der Waals surface area contributed by atoms with Gasteiger partial charge in [-0.05, 0) is 61.8 Å². The molecule has 0 spiro atoms. The van der Waals surface area contributed by atoms with Crippen molar-refractivity contribution in [2.75, 3.05) is 0 Å². The Bertz CT molecular complexity index is 1600. The van der Waals surface area contributed by atoms with Crippen LogP contribution >= 0.6 is 7.82 Å². The highest BCUT2D eigenvalue weighted by Gasteiger charge is 2.44. The maximum absolute atomic E-state index is 13.7. The standard InChI is InChI=1S/C33H44N7O9P/c1-20(41)37-27(18-21-10-13-24(14-11-21)49-50(46,47)48)32(44)38-25-9-5-8-23-12-16-28(40(23)30(25)35)33(45)39-26(15-17-29(34)42)31(43)36-19-22-6-3-2-4-7-22/h2-4,6-7,10-11,13-14,23,25-28,35H,5,8-9,12,15-19H2,1H3,(H2,34,42)(H,36,43)(H,37,41)(H,38,44)(H,39,45)(H2,46,47,48)/t23?,25-,26-,27-,28-/m0/s1. The van der Waals surface area contributed by atoms with Gasteiger partial charge in [0.1, 0.15) is 29.7 Å². The molecular weight excluding hydrogens is 669 g/mol. The number of nitrogens with one attached hydrogen (secondary N) is 5. The lowest BCUT2D eigenvalue weighted by Crippen LogP contribution is -2.58. The van der Waals surface area contributed by atoms with E-state index in [1.165, 1.54) is 31.2 Å². The second-order valence-electron chi connectivity index (χ2n) is 12.5. The van der Waals surface area contributed by atoms with Crippen LogP contribution in [-0.2, 0) is 41.5 Å². The Morgan fingerprint density at radius 1 is 0.940 bits per heavy atom. The highest BCUT2D eigenvalue weighted by atomic mass is 31.2. The first kappa shape index (κ1) is 38.0. The summed E-state index contributed by atoms with van der Waals surface area (Å²) in [6, 6.07) is 11.2. The van der Waals surface area contributed by atoms with E-state index in [4.69, 9.17) is 20.9 Å². The maximum Gasteiger partial charge on any atom is 0.524 e. The van der Waals surface area contributed by atoms with Crippen molar-refractivity contribution in [3.63, 3.8) is 0 Å². The summed E-state index contributed by atoms with van der Waals surface area (Å²) in [5.41, 5.74) is 6.78. The summed E-state index contributed by atoms with van der Waals surface area (Å²) in [7, 11) is -4.75. The van der Waals surface area contributed by atoms with Gasteiger partial charge in [0.2, 0.25) is 29.5 Å². The molecule has 2 heterocycles. The number of rotatable bonds is 15. The van der Waals surface area contributed by atoms with Gasteiger partial charge in [-0.1, -0.05) is 42.5 Å². The van der Waals surface area contributed by atoms with Crippen LogP contribution in [0.25, 0.3) is 0 Å². The molecule has 2 aliphatic rings. The minimum Gasteiger partial charge on any atom is -0.404 e. The summed E-state index contributed by atoms with van der Waals surface area (Å²) in [5.74, 6) is -2.60. The molecule has 5 atom stereocenters. The molecule has 17 heteroatoms. The molecule has 2 aromatic rings. The minimum atomic E-state index is -4.75. The zero-order valence-corrected chi connectivity index (χ0v) is 28.6. The third-order valence-electron chi connectivity index (χ3n) is 8.66. The molecular formula is C33H44N7O9P. The van der Waals surface area contributed by atoms with Crippen molar-refractivity contribution < 1.29 is 42.8 Å². The van der Waals surface area contributed by atoms with Crippen LogP contribution in [0.5, 0.6) is 5.75 Å². The van der Waals surface area contributed by atoms with Crippen molar-refractivity contribution in [2.45, 2.75) is 95.0 Å². The van der Waals surface area contributed by atoms with Gasteiger partial charge in [0.15, 0.2) is 0 Å². The van der Waals surface area contributed by atoms with Crippen LogP contribution in [0, 0.1) is 5.41 Å². The average molecular weight is 714 g/mol. The SMILES string of the molecule is CC(=O)N[C@@H](Cc1ccc(OP(=O)(O)O)cc1)C(=O)N[C@H]1CCCC2CC[C@@H](C(=O)N[C@@H](CCC(N)=O)C(=O)NCc3ccccc3)N2C1=N. The van der Waals surface area contributed by atoms with Gasteiger partial charge in [0.05, 0.1) is 6.04 Å². The fraction of sp³-hybridized carbons (Fsp3) is 0.455. The van der Waals surface area contributed by atoms with E-state index in [0.29, 0.717) is 37.7 Å². The molecule has 270 valence electrons. The topological polar surface area (TPSA) is 253 Å². The molecule has 4 rings (SSSR count). The number of nitrogens with two attached hydrogens (primary N) is 1. The van der Waals surface area contributed by atoms with E-state index < -0.39 is 61.5 Å². The Morgan fingerprint density at radius 3 is 2.28 bits per heavy atom. The molecule has 0 aromatic heterocycles. The Kier molecular flexibility index (Phi) is 13.1. The number of hydrogen-bond donors (Lipinski definition) is 8. The zero-order valence-electron chi connectivity index (χ0n) is 27.7. The van der Waals surface area contributed by atoms with E-state index in [1.807, 2.05) is 30.3 Å². The normalized spacial score (nSPS) is 20.0. The number of amides is 5. The highest BCUT2D eigenvalue weighted by molar-refractivity contribution is 7.46. The lowest BCUT2D eigenvalue weighted by atomic mass is 10.0. The van der Waals surface area contributed by atoms with Crippen molar-refractivity contribution in [1.82, 2.24) is 26.2 Å². The monoisotopic (exact) mass is 713 g/mol. The first-order valence-corrected chi connectivity index (χ1v) is 17.9. The summed E-state index contributed by atoms with van der Waals surface area (Å²) < 4.78 is 15.7. The lowest BCUT2D eigenvalue weighted by Gasteiger charge is -2.34. The third kappa shape index (κ3) is 11.1. The van der Waals surface area contributed by atoms with Gasteiger partial charge < -0.3 is 36.4 Å². The van der Waals surface area contributed by atoms with Gasteiger partial charge in [-0.2, -0.15) is 0 Å². The molecule has 9 N–H and O–H groups in total. The molecule has 2 aromatic carbocycles. The predicted molar refractivity (Wildman–Crippen MR) is 181 cm³/mol. The van der Waals surface area contributed by atoms with Gasteiger partial charge in [0, 0.05) is 32.4 Å². The van der Waals surface area contributed by atoms with Crippen molar-refractivity contribution in [3.05, 3.63) is 65.7 Å². The summed E-state index contributed by atoms with van der Waals surface area (Å²) in [4.78, 5) is 83.8. The average Bonchev–Trinajstić information content (AvgIpc) is 3.42. The molecule has 0 saturated carbocycles. The number of fused-ring (bicyclic) bond motifs is 1. The summed E-state index contributed by atoms with van der Waals surface area (Å²) >= 11 is 0. The van der Waals surface area contributed by atoms with Gasteiger partial charge in [-0.15, -0.1) is 0 Å². The largest absolute Gasteiger partial charge is 0.524 e. The number of carbonyl (C=O) groups excluding carboxylic acids is 5. The van der Waals surface area contributed by atoms with Crippen LogP contribution in [0.1, 0.15) is 63.0 Å². The molecule has 1 unspecified atom stereocenters. The number of phosphoric ester groups is 1. The van der Waals surface area contributed by atoms with E-state index in [1.54, 1.807) is 4.90 Å². The van der Waals surface area contributed by atoms with Crippen molar-refractivity contribution in [3.8, 4) is 5.75 Å². The molecule has 50 heavy (non-hydrogen) atoms. The van der Waals surface area contributed by atoms with Gasteiger partial charge in [-0.3, -0.25) is 39.2 Å². The maximum atomic E-state index is 13.7. The van der Waals surface area contributed by atoms with Gasteiger partial charge >= 0.3 is 7.82 Å². The Balaban J connectivity index is 1.43. The van der Waals surface area contributed by atoms with Crippen molar-refractivity contribution in [1.29, 1.82) is 5.41 Å². The molecule has 2 saturated heterocycles. The van der Waals surface area contributed by atoms with E-state index >= 15 is 0 Å².